The van der Waals surface area contributed by atoms with E-state index in [0.29, 0.717) is 17.6 Å². The molecule has 0 aliphatic carbocycles. The van der Waals surface area contributed by atoms with Gasteiger partial charge in [-0.15, -0.1) is 11.3 Å². The summed E-state index contributed by atoms with van der Waals surface area (Å²) in [6, 6.07) is 1.25. The molecule has 0 fully saturated rings. The molecule has 5 nitrogen and oxygen atoms in total. The summed E-state index contributed by atoms with van der Waals surface area (Å²) in [6.45, 7) is 5.64. The minimum absolute atomic E-state index is 0.166. The summed E-state index contributed by atoms with van der Waals surface area (Å²) < 4.78 is 6.23. The van der Waals surface area contributed by atoms with Crippen molar-refractivity contribution in [2.24, 2.45) is 0 Å². The second-order valence-electron chi connectivity index (χ2n) is 4.57. The smallest absolute Gasteiger partial charge is 0.329 e. The third kappa shape index (κ3) is 2.35. The number of fused-ring (bicyclic) bond motifs is 1. The molecule has 2 aromatic rings. The zero-order valence-corrected chi connectivity index (χ0v) is 12.9. The zero-order chi connectivity index (χ0) is 14.9. The van der Waals surface area contributed by atoms with Crippen LogP contribution in [0.25, 0.3) is 10.2 Å². The number of hydrogen-bond acceptors (Lipinski definition) is 5. The fourth-order valence-corrected chi connectivity index (χ4v) is 3.28. The maximum atomic E-state index is 12.6. The first-order chi connectivity index (χ1) is 9.53. The van der Waals surface area contributed by atoms with Gasteiger partial charge in [0.2, 0.25) is 0 Å². The Morgan fingerprint density at radius 1 is 1.50 bits per heavy atom. The average Bonchev–Trinajstić information content (AvgIpc) is 2.85. The van der Waals surface area contributed by atoms with E-state index in [-0.39, 0.29) is 5.56 Å². The average molecular weight is 294 g/mol. The minimum Gasteiger partial charge on any atom is -0.467 e. The Bertz CT molecular complexity index is 702. The van der Waals surface area contributed by atoms with Crippen LogP contribution in [0.15, 0.2) is 10.9 Å². The molecule has 108 valence electrons. The van der Waals surface area contributed by atoms with Gasteiger partial charge >= 0.3 is 5.97 Å². The number of carbonyl (C=O) groups excluding carboxylic acids is 1. The van der Waals surface area contributed by atoms with Crippen LogP contribution in [0.1, 0.15) is 37.0 Å². The molecule has 2 rings (SSSR count). The number of carbonyl (C=O) groups is 1. The van der Waals surface area contributed by atoms with Gasteiger partial charge in [0.25, 0.3) is 5.56 Å². The molecule has 0 radical (unpaired) electrons. The lowest BCUT2D eigenvalue weighted by Gasteiger charge is -2.17. The fraction of sp³-hybridized carbons (Fsp3) is 0.500. The highest BCUT2D eigenvalue weighted by Gasteiger charge is 2.24. The Morgan fingerprint density at radius 2 is 2.20 bits per heavy atom. The van der Waals surface area contributed by atoms with Crippen LogP contribution >= 0.6 is 11.3 Å². The van der Waals surface area contributed by atoms with E-state index in [1.54, 1.807) is 6.92 Å². The highest BCUT2D eigenvalue weighted by molar-refractivity contribution is 7.18. The predicted molar refractivity (Wildman–Crippen MR) is 79.3 cm³/mol. The molecular formula is C14H18N2O3S. The second-order valence-corrected chi connectivity index (χ2v) is 5.68. The SMILES string of the molecule is CCc1cc2c(=O)n(C(CC)C(=O)OC)c(C)nc2s1. The Morgan fingerprint density at radius 3 is 2.75 bits per heavy atom. The van der Waals surface area contributed by atoms with Crippen LogP contribution in [0.5, 0.6) is 0 Å². The maximum absolute atomic E-state index is 12.6. The molecule has 20 heavy (non-hydrogen) atoms. The van der Waals surface area contributed by atoms with Crippen molar-refractivity contribution in [3.8, 4) is 0 Å². The molecule has 0 saturated carbocycles. The molecule has 0 saturated heterocycles. The summed E-state index contributed by atoms with van der Waals surface area (Å²) >= 11 is 1.53. The van der Waals surface area contributed by atoms with Crippen molar-refractivity contribution in [2.45, 2.75) is 39.7 Å². The highest BCUT2D eigenvalue weighted by Crippen LogP contribution is 2.23. The molecule has 6 heteroatoms. The summed E-state index contributed by atoms with van der Waals surface area (Å²) in [5.74, 6) is 0.133. The van der Waals surface area contributed by atoms with Gasteiger partial charge in [-0.3, -0.25) is 9.36 Å². The predicted octanol–water partition coefficient (Wildman–Crippen LogP) is 2.45. The molecule has 2 aromatic heterocycles. The third-order valence-corrected chi connectivity index (χ3v) is 4.52. The first kappa shape index (κ1) is 14.7. The van der Waals surface area contributed by atoms with E-state index in [0.717, 1.165) is 16.1 Å². The van der Waals surface area contributed by atoms with E-state index >= 15 is 0 Å². The molecule has 2 heterocycles. The van der Waals surface area contributed by atoms with Crippen LogP contribution in [0.4, 0.5) is 0 Å². The van der Waals surface area contributed by atoms with Crippen LogP contribution in [-0.4, -0.2) is 22.6 Å². The lowest BCUT2D eigenvalue weighted by Crippen LogP contribution is -2.32. The molecule has 1 atom stereocenters. The first-order valence-electron chi connectivity index (χ1n) is 6.62. The summed E-state index contributed by atoms with van der Waals surface area (Å²) in [4.78, 5) is 30.8. The van der Waals surface area contributed by atoms with Crippen LogP contribution in [0, 0.1) is 6.92 Å². The van der Waals surface area contributed by atoms with Crippen LogP contribution < -0.4 is 5.56 Å². The van der Waals surface area contributed by atoms with Crippen molar-refractivity contribution >= 4 is 27.5 Å². The molecule has 0 amide bonds. The topological polar surface area (TPSA) is 61.2 Å². The van der Waals surface area contributed by atoms with Gasteiger partial charge in [0.15, 0.2) is 0 Å². The first-order valence-corrected chi connectivity index (χ1v) is 7.44. The lowest BCUT2D eigenvalue weighted by atomic mass is 10.2. The number of esters is 1. The normalized spacial score (nSPS) is 12.6. The summed E-state index contributed by atoms with van der Waals surface area (Å²) in [5, 5.41) is 0.583. The van der Waals surface area contributed by atoms with Gasteiger partial charge in [0, 0.05) is 4.88 Å². The van der Waals surface area contributed by atoms with E-state index in [1.165, 1.54) is 23.0 Å². The van der Waals surface area contributed by atoms with E-state index in [4.69, 9.17) is 4.74 Å². The standard InChI is InChI=1S/C14H18N2O3S/c1-5-9-7-10-12(20-9)15-8(3)16(13(10)17)11(6-2)14(18)19-4/h7,11H,5-6H2,1-4H3. The Hall–Kier alpha value is -1.69. The van der Waals surface area contributed by atoms with Crippen LogP contribution in [-0.2, 0) is 16.0 Å². The van der Waals surface area contributed by atoms with Crippen molar-refractivity contribution in [1.29, 1.82) is 0 Å². The summed E-state index contributed by atoms with van der Waals surface area (Å²) in [6.07, 6.45) is 1.36. The number of aryl methyl sites for hydroxylation is 2. The van der Waals surface area contributed by atoms with Crippen molar-refractivity contribution in [2.75, 3.05) is 7.11 Å². The monoisotopic (exact) mass is 294 g/mol. The van der Waals surface area contributed by atoms with Gasteiger partial charge in [-0.25, -0.2) is 9.78 Å². The van der Waals surface area contributed by atoms with Crippen LogP contribution in [0.3, 0.4) is 0 Å². The minimum atomic E-state index is -0.616. The molecule has 0 bridgehead atoms. The van der Waals surface area contributed by atoms with Crippen molar-refractivity contribution in [3.63, 3.8) is 0 Å². The number of hydrogen-bond donors (Lipinski definition) is 0. The molecule has 0 aliphatic rings. The van der Waals surface area contributed by atoms with Crippen molar-refractivity contribution in [3.05, 3.63) is 27.1 Å². The Labute approximate surface area is 121 Å². The Kier molecular flexibility index (Phi) is 4.23. The second kappa shape index (κ2) is 5.75. The van der Waals surface area contributed by atoms with Crippen molar-refractivity contribution < 1.29 is 9.53 Å². The van der Waals surface area contributed by atoms with E-state index in [1.807, 2.05) is 19.9 Å². The number of nitrogens with zero attached hydrogens (tertiary/aromatic N) is 2. The number of ether oxygens (including phenoxy) is 1. The van der Waals surface area contributed by atoms with Crippen molar-refractivity contribution in [1.82, 2.24) is 9.55 Å². The van der Waals surface area contributed by atoms with E-state index in [9.17, 15) is 9.59 Å². The summed E-state index contributed by atoms with van der Waals surface area (Å²) in [7, 11) is 1.33. The van der Waals surface area contributed by atoms with Gasteiger partial charge in [-0.2, -0.15) is 0 Å². The van der Waals surface area contributed by atoms with Gasteiger partial charge in [-0.1, -0.05) is 13.8 Å². The molecule has 0 spiro atoms. The fourth-order valence-electron chi connectivity index (χ4n) is 2.28. The molecule has 0 aromatic carbocycles. The summed E-state index contributed by atoms with van der Waals surface area (Å²) in [5.41, 5.74) is -0.166. The highest BCUT2D eigenvalue weighted by atomic mass is 32.1. The van der Waals surface area contributed by atoms with E-state index < -0.39 is 12.0 Å². The molecule has 1 unspecified atom stereocenters. The Balaban J connectivity index is 2.69. The number of thiophene rings is 1. The third-order valence-electron chi connectivity index (χ3n) is 3.34. The quantitative estimate of drug-likeness (QED) is 0.813. The van der Waals surface area contributed by atoms with Gasteiger partial charge in [0.1, 0.15) is 16.7 Å². The molecular weight excluding hydrogens is 276 g/mol. The van der Waals surface area contributed by atoms with Gasteiger partial charge < -0.3 is 4.74 Å². The van der Waals surface area contributed by atoms with Gasteiger partial charge in [0.05, 0.1) is 12.5 Å². The van der Waals surface area contributed by atoms with Crippen LogP contribution in [0.2, 0.25) is 0 Å². The number of methoxy groups -OCH3 is 1. The largest absolute Gasteiger partial charge is 0.467 e. The number of aromatic nitrogens is 2. The number of rotatable bonds is 4. The maximum Gasteiger partial charge on any atom is 0.329 e. The zero-order valence-electron chi connectivity index (χ0n) is 12.1. The lowest BCUT2D eigenvalue weighted by molar-refractivity contribution is -0.144. The van der Waals surface area contributed by atoms with Gasteiger partial charge in [-0.05, 0) is 25.8 Å². The van der Waals surface area contributed by atoms with E-state index in [2.05, 4.69) is 4.98 Å². The molecule has 0 N–H and O–H groups in total. The molecule has 0 aliphatic heterocycles.